The largest absolute Gasteiger partial charge is 0.398 e. The lowest BCUT2D eigenvalue weighted by Gasteiger charge is -2.34. The van der Waals surface area contributed by atoms with E-state index in [1.165, 1.54) is 0 Å². The number of nitrogens with zero attached hydrogens (tertiary/aromatic N) is 1. The monoisotopic (exact) mass is 351 g/mol. The van der Waals surface area contributed by atoms with Crippen molar-refractivity contribution in [3.05, 3.63) is 65.2 Å². The van der Waals surface area contributed by atoms with Crippen LogP contribution >= 0.6 is 0 Å². The fourth-order valence-corrected chi connectivity index (χ4v) is 4.00. The molecule has 2 aliphatic heterocycles. The number of hydrogen-bond donors (Lipinski definition) is 2. The van der Waals surface area contributed by atoms with Gasteiger partial charge < -0.3 is 15.8 Å². The molecule has 2 heterocycles. The van der Waals surface area contributed by atoms with Crippen molar-refractivity contribution in [2.75, 3.05) is 38.6 Å². The zero-order valence-corrected chi connectivity index (χ0v) is 14.9. The summed E-state index contributed by atoms with van der Waals surface area (Å²) in [5.74, 6) is -0.0274. The zero-order chi connectivity index (χ0) is 17.9. The van der Waals surface area contributed by atoms with Crippen LogP contribution in [0.25, 0.3) is 0 Å². The van der Waals surface area contributed by atoms with Crippen LogP contribution < -0.4 is 11.1 Å². The molecule has 136 valence electrons. The Bertz CT molecular complexity index is 786. The quantitative estimate of drug-likeness (QED) is 0.830. The summed E-state index contributed by atoms with van der Waals surface area (Å²) in [6.07, 6.45) is 0.819. The molecule has 1 saturated heterocycles. The van der Waals surface area contributed by atoms with Crippen LogP contribution in [0.1, 0.15) is 35.1 Å². The van der Waals surface area contributed by atoms with Gasteiger partial charge in [-0.25, -0.2) is 0 Å². The Morgan fingerprint density at radius 1 is 1.00 bits per heavy atom. The van der Waals surface area contributed by atoms with Gasteiger partial charge in [0.05, 0.1) is 25.2 Å². The predicted octanol–water partition coefficient (Wildman–Crippen LogP) is 2.29. The first-order chi connectivity index (χ1) is 12.7. The highest BCUT2D eigenvalue weighted by Gasteiger charge is 2.34. The van der Waals surface area contributed by atoms with Gasteiger partial charge in [-0.15, -0.1) is 0 Å². The zero-order valence-electron chi connectivity index (χ0n) is 14.9. The number of morpholine rings is 1. The number of carbonyl (C=O) groups is 1. The standard InChI is InChI=1S/C21H25N3O2/c22-19-8-4-3-7-18(19)20-16-6-2-1-5-15(16)17(21(25)23-20)9-10-24-11-13-26-14-12-24/h1-8,17,20H,9-14,22H2,(H,23,25). The number of hydrogen-bond acceptors (Lipinski definition) is 4. The lowest BCUT2D eigenvalue weighted by atomic mass is 9.81. The minimum Gasteiger partial charge on any atom is -0.398 e. The first-order valence-corrected chi connectivity index (χ1v) is 9.28. The molecular weight excluding hydrogens is 326 g/mol. The van der Waals surface area contributed by atoms with E-state index < -0.39 is 0 Å². The number of amides is 1. The average Bonchev–Trinajstić information content (AvgIpc) is 2.68. The van der Waals surface area contributed by atoms with Gasteiger partial charge in [-0.3, -0.25) is 9.69 Å². The molecule has 1 amide bonds. The van der Waals surface area contributed by atoms with Crippen molar-refractivity contribution >= 4 is 11.6 Å². The first-order valence-electron chi connectivity index (χ1n) is 9.28. The van der Waals surface area contributed by atoms with E-state index in [2.05, 4.69) is 22.3 Å². The third-order valence-corrected chi connectivity index (χ3v) is 5.43. The summed E-state index contributed by atoms with van der Waals surface area (Å²) in [6, 6.07) is 15.8. The number of ether oxygens (including phenoxy) is 1. The van der Waals surface area contributed by atoms with Crippen molar-refractivity contribution in [2.24, 2.45) is 0 Å². The summed E-state index contributed by atoms with van der Waals surface area (Å²) in [5.41, 5.74) is 10.1. The van der Waals surface area contributed by atoms with E-state index in [1.54, 1.807) is 0 Å². The summed E-state index contributed by atoms with van der Waals surface area (Å²) in [4.78, 5) is 15.3. The van der Waals surface area contributed by atoms with E-state index in [9.17, 15) is 4.79 Å². The number of fused-ring (bicyclic) bond motifs is 1. The molecule has 0 bridgehead atoms. The molecule has 4 rings (SSSR count). The molecule has 5 heteroatoms. The van der Waals surface area contributed by atoms with E-state index in [0.29, 0.717) is 5.69 Å². The summed E-state index contributed by atoms with van der Waals surface area (Å²) >= 11 is 0. The van der Waals surface area contributed by atoms with E-state index in [0.717, 1.165) is 56.0 Å². The van der Waals surface area contributed by atoms with Crippen molar-refractivity contribution in [2.45, 2.75) is 18.4 Å². The van der Waals surface area contributed by atoms with Crippen LogP contribution in [-0.4, -0.2) is 43.7 Å². The van der Waals surface area contributed by atoms with Gasteiger partial charge in [-0.1, -0.05) is 42.5 Å². The molecule has 26 heavy (non-hydrogen) atoms. The van der Waals surface area contributed by atoms with E-state index in [-0.39, 0.29) is 17.9 Å². The number of benzene rings is 2. The second-order valence-electron chi connectivity index (χ2n) is 6.99. The van der Waals surface area contributed by atoms with Gasteiger partial charge in [0.2, 0.25) is 5.91 Å². The van der Waals surface area contributed by atoms with E-state index >= 15 is 0 Å². The fraction of sp³-hybridized carbons (Fsp3) is 0.381. The lowest BCUT2D eigenvalue weighted by molar-refractivity contribution is -0.124. The molecule has 1 fully saturated rings. The molecule has 2 aromatic rings. The maximum absolute atomic E-state index is 12.9. The van der Waals surface area contributed by atoms with Gasteiger partial charge in [0.25, 0.3) is 0 Å². The van der Waals surface area contributed by atoms with Crippen molar-refractivity contribution in [3.63, 3.8) is 0 Å². The minimum absolute atomic E-state index is 0.0882. The Hall–Kier alpha value is -2.37. The predicted molar refractivity (Wildman–Crippen MR) is 102 cm³/mol. The SMILES string of the molecule is Nc1ccccc1C1NC(=O)C(CCN2CCOCC2)c2ccccc21. The summed E-state index contributed by atoms with van der Waals surface area (Å²) in [6.45, 7) is 4.36. The van der Waals surface area contributed by atoms with Crippen LogP contribution in [0.15, 0.2) is 48.5 Å². The van der Waals surface area contributed by atoms with Gasteiger partial charge in [0, 0.05) is 24.3 Å². The van der Waals surface area contributed by atoms with Crippen molar-refractivity contribution in [1.82, 2.24) is 10.2 Å². The molecule has 0 radical (unpaired) electrons. The number of rotatable bonds is 4. The van der Waals surface area contributed by atoms with E-state index in [1.807, 2.05) is 36.4 Å². The third kappa shape index (κ3) is 3.32. The van der Waals surface area contributed by atoms with Gasteiger partial charge >= 0.3 is 0 Å². The molecule has 2 unspecified atom stereocenters. The number of nitrogen functional groups attached to an aromatic ring is 1. The van der Waals surface area contributed by atoms with Crippen LogP contribution in [-0.2, 0) is 9.53 Å². The molecule has 5 nitrogen and oxygen atoms in total. The van der Waals surface area contributed by atoms with Gasteiger partial charge in [0.1, 0.15) is 0 Å². The van der Waals surface area contributed by atoms with Gasteiger partial charge in [-0.05, 0) is 30.2 Å². The Labute approximate surface area is 154 Å². The van der Waals surface area contributed by atoms with E-state index in [4.69, 9.17) is 10.5 Å². The van der Waals surface area contributed by atoms with Crippen LogP contribution in [0.3, 0.4) is 0 Å². The second kappa shape index (κ2) is 7.48. The number of nitrogens with two attached hydrogens (primary N) is 1. The van der Waals surface area contributed by atoms with Crippen LogP contribution in [0.5, 0.6) is 0 Å². The molecule has 0 saturated carbocycles. The summed E-state index contributed by atoms with van der Waals surface area (Å²) in [7, 11) is 0. The Morgan fingerprint density at radius 3 is 2.38 bits per heavy atom. The number of nitrogens with one attached hydrogen (secondary N) is 1. The molecule has 2 aromatic carbocycles. The lowest BCUT2D eigenvalue weighted by Crippen LogP contribution is -2.42. The fourth-order valence-electron chi connectivity index (χ4n) is 4.00. The maximum Gasteiger partial charge on any atom is 0.228 e. The topological polar surface area (TPSA) is 67.6 Å². The Kier molecular flexibility index (Phi) is 4.91. The third-order valence-electron chi connectivity index (χ3n) is 5.43. The van der Waals surface area contributed by atoms with Crippen LogP contribution in [0, 0.1) is 0 Å². The molecule has 3 N–H and O–H groups in total. The van der Waals surface area contributed by atoms with Crippen LogP contribution in [0.4, 0.5) is 5.69 Å². The smallest absolute Gasteiger partial charge is 0.228 e. The average molecular weight is 351 g/mol. The van der Waals surface area contributed by atoms with Crippen molar-refractivity contribution < 1.29 is 9.53 Å². The van der Waals surface area contributed by atoms with Crippen molar-refractivity contribution in [1.29, 1.82) is 0 Å². The van der Waals surface area contributed by atoms with Crippen molar-refractivity contribution in [3.8, 4) is 0 Å². The Morgan fingerprint density at radius 2 is 1.65 bits per heavy atom. The number of anilines is 1. The molecule has 2 atom stereocenters. The first kappa shape index (κ1) is 17.1. The number of carbonyl (C=O) groups excluding carboxylic acids is 1. The Balaban J connectivity index is 1.60. The minimum atomic E-state index is -0.181. The molecule has 2 aliphatic rings. The second-order valence-corrected chi connectivity index (χ2v) is 6.99. The normalized spacial score (nSPS) is 23.3. The highest BCUT2D eigenvalue weighted by Crippen LogP contribution is 2.37. The molecule has 0 spiro atoms. The highest BCUT2D eigenvalue weighted by molar-refractivity contribution is 5.87. The summed E-state index contributed by atoms with van der Waals surface area (Å²) in [5, 5.41) is 3.21. The molecule has 0 aliphatic carbocycles. The maximum atomic E-state index is 12.9. The number of para-hydroxylation sites is 1. The highest BCUT2D eigenvalue weighted by atomic mass is 16.5. The van der Waals surface area contributed by atoms with Crippen LogP contribution in [0.2, 0.25) is 0 Å². The van der Waals surface area contributed by atoms with Gasteiger partial charge in [-0.2, -0.15) is 0 Å². The summed E-state index contributed by atoms with van der Waals surface area (Å²) < 4.78 is 5.41. The molecule has 0 aromatic heterocycles. The van der Waals surface area contributed by atoms with Gasteiger partial charge in [0.15, 0.2) is 0 Å². The molecular formula is C21H25N3O2.